The molecule has 0 unspecified atom stereocenters. The van der Waals surface area contributed by atoms with Gasteiger partial charge in [0.25, 0.3) is 0 Å². The average molecular weight is 252 g/mol. The topological polar surface area (TPSA) is 59.0 Å². The molecule has 1 aromatic rings. The molecule has 1 atom stereocenters. The van der Waals surface area contributed by atoms with Crippen molar-refractivity contribution in [3.8, 4) is 0 Å². The molecular formula is C13H24N4O. The Morgan fingerprint density at radius 3 is 2.72 bits per heavy atom. The maximum Gasteiger partial charge on any atom is 0.221 e. The first-order valence-corrected chi connectivity index (χ1v) is 6.38. The van der Waals surface area contributed by atoms with Gasteiger partial charge in [-0.3, -0.25) is 9.48 Å². The second-order valence-corrected chi connectivity index (χ2v) is 5.63. The summed E-state index contributed by atoms with van der Waals surface area (Å²) in [6, 6.07) is 2.20. The Balaban J connectivity index is 2.15. The number of carbonyl (C=O) groups excluding carboxylic acids is 1. The van der Waals surface area contributed by atoms with Gasteiger partial charge in [0.2, 0.25) is 5.91 Å². The number of hydrogen-bond acceptors (Lipinski definition) is 3. The van der Waals surface area contributed by atoms with E-state index in [-0.39, 0.29) is 11.4 Å². The Morgan fingerprint density at radius 2 is 2.17 bits per heavy atom. The predicted molar refractivity (Wildman–Crippen MR) is 72.2 cm³/mol. The van der Waals surface area contributed by atoms with E-state index in [0.29, 0.717) is 19.0 Å². The first-order valence-electron chi connectivity index (χ1n) is 6.38. The highest BCUT2D eigenvalue weighted by atomic mass is 16.1. The van der Waals surface area contributed by atoms with E-state index in [1.807, 2.05) is 37.7 Å². The van der Waals surface area contributed by atoms with Crippen molar-refractivity contribution in [1.29, 1.82) is 0 Å². The maximum absolute atomic E-state index is 11.6. The summed E-state index contributed by atoms with van der Waals surface area (Å²) in [7, 11) is 0. The highest BCUT2D eigenvalue weighted by molar-refractivity contribution is 5.76. The van der Waals surface area contributed by atoms with Gasteiger partial charge in [-0.1, -0.05) is 0 Å². The van der Waals surface area contributed by atoms with Crippen molar-refractivity contribution in [1.82, 2.24) is 20.4 Å². The summed E-state index contributed by atoms with van der Waals surface area (Å²) in [4.78, 5) is 11.6. The number of rotatable bonds is 6. The lowest BCUT2D eigenvalue weighted by Gasteiger charge is -2.21. The minimum absolute atomic E-state index is 0.0845. The minimum atomic E-state index is -0.155. The second kappa shape index (κ2) is 6.54. The van der Waals surface area contributed by atoms with Gasteiger partial charge in [-0.05, 0) is 33.8 Å². The molecule has 0 aliphatic heterocycles. The van der Waals surface area contributed by atoms with Gasteiger partial charge in [0.05, 0.1) is 6.54 Å². The molecule has 0 radical (unpaired) electrons. The van der Waals surface area contributed by atoms with Crippen LogP contribution >= 0.6 is 0 Å². The van der Waals surface area contributed by atoms with Crippen molar-refractivity contribution >= 4 is 5.91 Å². The number of aromatic nitrogens is 2. The van der Waals surface area contributed by atoms with Crippen LogP contribution in [-0.2, 0) is 11.3 Å². The van der Waals surface area contributed by atoms with E-state index in [1.54, 1.807) is 6.20 Å². The van der Waals surface area contributed by atoms with Crippen LogP contribution in [0.3, 0.4) is 0 Å². The van der Waals surface area contributed by atoms with E-state index < -0.39 is 0 Å². The van der Waals surface area contributed by atoms with Crippen molar-refractivity contribution in [3.05, 3.63) is 18.5 Å². The lowest BCUT2D eigenvalue weighted by molar-refractivity contribution is -0.122. The molecule has 0 aliphatic rings. The number of amides is 1. The van der Waals surface area contributed by atoms with E-state index in [2.05, 4.69) is 22.7 Å². The average Bonchev–Trinajstić information content (AvgIpc) is 2.67. The van der Waals surface area contributed by atoms with Crippen LogP contribution in [-0.4, -0.2) is 33.8 Å². The van der Waals surface area contributed by atoms with E-state index >= 15 is 0 Å². The summed E-state index contributed by atoms with van der Waals surface area (Å²) in [5.74, 6) is 0.0845. The Morgan fingerprint density at radius 1 is 1.44 bits per heavy atom. The number of carbonyl (C=O) groups is 1. The van der Waals surface area contributed by atoms with Gasteiger partial charge in [0, 0.05) is 36.9 Å². The summed E-state index contributed by atoms with van der Waals surface area (Å²) < 4.78 is 1.88. The Labute approximate surface area is 109 Å². The van der Waals surface area contributed by atoms with Gasteiger partial charge in [0.15, 0.2) is 0 Å². The van der Waals surface area contributed by atoms with Gasteiger partial charge < -0.3 is 10.6 Å². The van der Waals surface area contributed by atoms with Crippen molar-refractivity contribution < 1.29 is 4.79 Å². The van der Waals surface area contributed by atoms with E-state index in [1.165, 1.54) is 0 Å². The molecule has 1 amide bonds. The Kier molecular flexibility index (Phi) is 5.34. The van der Waals surface area contributed by atoms with Gasteiger partial charge in [-0.25, -0.2) is 0 Å². The molecule has 1 rings (SSSR count). The van der Waals surface area contributed by atoms with Crippen molar-refractivity contribution in [2.75, 3.05) is 6.54 Å². The zero-order chi connectivity index (χ0) is 13.6. The zero-order valence-electron chi connectivity index (χ0n) is 11.7. The summed E-state index contributed by atoms with van der Waals surface area (Å²) in [5.41, 5.74) is -0.155. The summed E-state index contributed by atoms with van der Waals surface area (Å²) in [5, 5.41) is 10.4. The molecule has 0 fully saturated rings. The van der Waals surface area contributed by atoms with Crippen LogP contribution < -0.4 is 10.6 Å². The fourth-order valence-electron chi connectivity index (χ4n) is 1.67. The van der Waals surface area contributed by atoms with Crippen LogP contribution in [0.2, 0.25) is 0 Å². The van der Waals surface area contributed by atoms with Crippen LogP contribution in [0.15, 0.2) is 18.5 Å². The van der Waals surface area contributed by atoms with E-state index in [4.69, 9.17) is 0 Å². The smallest absolute Gasteiger partial charge is 0.221 e. The van der Waals surface area contributed by atoms with Gasteiger partial charge >= 0.3 is 0 Å². The number of nitrogens with zero attached hydrogens (tertiary/aromatic N) is 2. The molecule has 102 valence electrons. The molecule has 2 N–H and O–H groups in total. The molecule has 1 aromatic heterocycles. The SMILES string of the molecule is C[C@H](Cn1cccn1)NCCC(=O)NC(C)(C)C. The molecule has 0 bridgehead atoms. The highest BCUT2D eigenvalue weighted by Gasteiger charge is 2.13. The summed E-state index contributed by atoms with van der Waals surface area (Å²) in [6.45, 7) is 9.54. The van der Waals surface area contributed by atoms with Crippen LogP contribution in [0.4, 0.5) is 0 Å². The molecule has 0 aliphatic carbocycles. The van der Waals surface area contributed by atoms with E-state index in [0.717, 1.165) is 6.54 Å². The predicted octanol–water partition coefficient (Wildman–Crippen LogP) is 1.17. The summed E-state index contributed by atoms with van der Waals surface area (Å²) in [6.07, 6.45) is 4.20. The van der Waals surface area contributed by atoms with Crippen molar-refractivity contribution in [2.45, 2.75) is 52.2 Å². The summed E-state index contributed by atoms with van der Waals surface area (Å²) >= 11 is 0. The lowest BCUT2D eigenvalue weighted by atomic mass is 10.1. The molecule has 0 saturated heterocycles. The van der Waals surface area contributed by atoms with Gasteiger partial charge in [0.1, 0.15) is 0 Å². The first kappa shape index (κ1) is 14.7. The van der Waals surface area contributed by atoms with Gasteiger partial charge in [-0.2, -0.15) is 5.10 Å². The molecular weight excluding hydrogens is 228 g/mol. The Hall–Kier alpha value is -1.36. The highest BCUT2D eigenvalue weighted by Crippen LogP contribution is 1.99. The largest absolute Gasteiger partial charge is 0.351 e. The zero-order valence-corrected chi connectivity index (χ0v) is 11.7. The number of nitrogens with one attached hydrogen (secondary N) is 2. The third-order valence-electron chi connectivity index (χ3n) is 2.38. The van der Waals surface area contributed by atoms with Crippen LogP contribution in [0.5, 0.6) is 0 Å². The fourth-order valence-corrected chi connectivity index (χ4v) is 1.67. The van der Waals surface area contributed by atoms with Gasteiger partial charge in [-0.15, -0.1) is 0 Å². The Bertz CT molecular complexity index is 354. The van der Waals surface area contributed by atoms with Crippen LogP contribution in [0.1, 0.15) is 34.1 Å². The second-order valence-electron chi connectivity index (χ2n) is 5.63. The van der Waals surface area contributed by atoms with Crippen molar-refractivity contribution in [2.24, 2.45) is 0 Å². The molecule has 0 spiro atoms. The quantitative estimate of drug-likeness (QED) is 0.799. The monoisotopic (exact) mass is 252 g/mol. The number of hydrogen-bond donors (Lipinski definition) is 2. The van der Waals surface area contributed by atoms with Crippen molar-refractivity contribution in [3.63, 3.8) is 0 Å². The van der Waals surface area contributed by atoms with Crippen LogP contribution in [0.25, 0.3) is 0 Å². The lowest BCUT2D eigenvalue weighted by Crippen LogP contribution is -2.42. The standard InChI is InChI=1S/C13H24N4O/c1-11(10-17-9-5-7-15-17)14-8-6-12(18)16-13(2,3)4/h5,7,9,11,14H,6,8,10H2,1-4H3,(H,16,18)/t11-/m1/s1. The first-order chi connectivity index (χ1) is 8.37. The third kappa shape index (κ3) is 6.39. The molecule has 5 heteroatoms. The van der Waals surface area contributed by atoms with Crippen LogP contribution in [0, 0.1) is 0 Å². The minimum Gasteiger partial charge on any atom is -0.351 e. The molecule has 0 aromatic carbocycles. The molecule has 1 heterocycles. The normalized spacial score (nSPS) is 13.3. The third-order valence-corrected chi connectivity index (χ3v) is 2.38. The molecule has 5 nitrogen and oxygen atoms in total. The molecule has 18 heavy (non-hydrogen) atoms. The molecule has 0 saturated carbocycles. The fraction of sp³-hybridized carbons (Fsp3) is 0.692. The van der Waals surface area contributed by atoms with E-state index in [9.17, 15) is 4.79 Å². The maximum atomic E-state index is 11.6.